The highest BCUT2D eigenvalue weighted by Crippen LogP contribution is 2.28. The highest BCUT2D eigenvalue weighted by atomic mass is 15.0. The molecule has 1 aliphatic heterocycles. The van der Waals surface area contributed by atoms with Crippen LogP contribution in [0.15, 0.2) is 24.4 Å². The van der Waals surface area contributed by atoms with E-state index in [-0.39, 0.29) is 0 Å². The van der Waals surface area contributed by atoms with E-state index in [0.717, 1.165) is 5.92 Å². The molecule has 0 N–H and O–H groups in total. The minimum atomic E-state index is 0.667. The quantitative estimate of drug-likeness (QED) is 0.596. The summed E-state index contributed by atoms with van der Waals surface area (Å²) in [4.78, 5) is 0. The van der Waals surface area contributed by atoms with Crippen molar-refractivity contribution in [1.29, 1.82) is 0 Å². The summed E-state index contributed by atoms with van der Waals surface area (Å²) in [6.07, 6.45) is 7.85. The Balaban J connectivity index is 2.38. The predicted molar refractivity (Wildman–Crippen MR) is 52.0 cm³/mol. The van der Waals surface area contributed by atoms with E-state index in [4.69, 9.17) is 0 Å². The molecule has 2 heterocycles. The van der Waals surface area contributed by atoms with E-state index in [1.165, 1.54) is 12.1 Å². The van der Waals surface area contributed by atoms with E-state index in [9.17, 15) is 0 Å². The van der Waals surface area contributed by atoms with Crippen molar-refractivity contribution in [3.05, 3.63) is 30.1 Å². The summed E-state index contributed by atoms with van der Waals surface area (Å²) in [7, 11) is 0. The summed E-state index contributed by atoms with van der Waals surface area (Å²) in [6.45, 7) is 4.57. The second-order valence-electron chi connectivity index (χ2n) is 3.79. The molecule has 1 unspecified atom stereocenters. The number of fused-ring (bicyclic) bond motifs is 1. The largest absolute Gasteiger partial charge is 0.344 e. The first-order valence-corrected chi connectivity index (χ1v) is 4.62. The molecule has 0 spiro atoms. The Morgan fingerprint density at radius 2 is 2.33 bits per heavy atom. The van der Waals surface area contributed by atoms with Gasteiger partial charge in [-0.05, 0) is 30.5 Å². The van der Waals surface area contributed by atoms with Crippen molar-refractivity contribution < 1.29 is 0 Å². The van der Waals surface area contributed by atoms with E-state index in [1.807, 2.05) is 0 Å². The third-order valence-electron chi connectivity index (χ3n) is 2.60. The number of hydrogen-bond acceptors (Lipinski definition) is 0. The Bertz CT molecular complexity index is 294. The lowest BCUT2D eigenvalue weighted by atomic mass is 9.98. The zero-order valence-electron chi connectivity index (χ0n) is 7.70. The van der Waals surface area contributed by atoms with Crippen LogP contribution in [-0.2, 0) is 0 Å². The molecule has 1 aromatic rings. The van der Waals surface area contributed by atoms with Crippen molar-refractivity contribution in [2.24, 2.45) is 5.92 Å². The highest BCUT2D eigenvalue weighted by molar-refractivity contribution is 5.47. The third-order valence-corrected chi connectivity index (χ3v) is 2.60. The fourth-order valence-corrected chi connectivity index (χ4v) is 1.89. The zero-order valence-corrected chi connectivity index (χ0v) is 7.70. The molecular formula is C11H15N. The minimum absolute atomic E-state index is 0.667. The molecule has 0 saturated heterocycles. The van der Waals surface area contributed by atoms with Crippen LogP contribution >= 0.6 is 0 Å². The second-order valence-corrected chi connectivity index (χ2v) is 3.79. The Kier molecular flexibility index (Phi) is 1.80. The van der Waals surface area contributed by atoms with Crippen LogP contribution in [0.4, 0.5) is 0 Å². The summed E-state index contributed by atoms with van der Waals surface area (Å²) in [5.41, 5.74) is 1.35. The predicted octanol–water partition coefficient (Wildman–Crippen LogP) is 3.10. The van der Waals surface area contributed by atoms with Crippen molar-refractivity contribution in [1.82, 2.24) is 4.57 Å². The van der Waals surface area contributed by atoms with Gasteiger partial charge in [0.05, 0.1) is 0 Å². The van der Waals surface area contributed by atoms with Crippen molar-refractivity contribution in [2.45, 2.75) is 26.3 Å². The molecule has 0 radical (unpaired) electrons. The summed E-state index contributed by atoms with van der Waals surface area (Å²) in [6, 6.07) is 4.96. The Morgan fingerprint density at radius 1 is 1.50 bits per heavy atom. The van der Waals surface area contributed by atoms with Crippen molar-refractivity contribution in [3.63, 3.8) is 0 Å². The summed E-state index contributed by atoms with van der Waals surface area (Å²) >= 11 is 0. The fourth-order valence-electron chi connectivity index (χ4n) is 1.89. The van der Waals surface area contributed by atoms with Crippen LogP contribution in [0, 0.1) is 5.92 Å². The van der Waals surface area contributed by atoms with Crippen LogP contribution in [-0.4, -0.2) is 4.57 Å². The van der Waals surface area contributed by atoms with Crippen LogP contribution in [0.2, 0.25) is 0 Å². The Morgan fingerprint density at radius 3 is 3.08 bits per heavy atom. The molecule has 1 nitrogen and oxygen atoms in total. The first-order chi connectivity index (χ1) is 5.79. The number of hydrogen-bond donors (Lipinski definition) is 0. The molecule has 1 aromatic heterocycles. The Hall–Kier alpha value is -0.980. The lowest BCUT2D eigenvalue weighted by Gasteiger charge is -2.26. The molecule has 64 valence electrons. The molecule has 1 aliphatic rings. The van der Waals surface area contributed by atoms with Gasteiger partial charge in [-0.15, -0.1) is 0 Å². The first-order valence-electron chi connectivity index (χ1n) is 4.62. The Labute approximate surface area is 73.7 Å². The standard InChI is InChI=1S/C11H15N/c1-9(2)11-7-3-5-10-6-4-8-12(10)11/h3-6,8-9,11H,7H2,1-2H3. The maximum Gasteiger partial charge on any atom is 0.0406 e. The van der Waals surface area contributed by atoms with Gasteiger partial charge in [-0.2, -0.15) is 0 Å². The van der Waals surface area contributed by atoms with E-state index in [2.05, 4.69) is 48.9 Å². The number of allylic oxidation sites excluding steroid dienone is 1. The zero-order chi connectivity index (χ0) is 8.55. The normalized spacial score (nSPS) is 21.4. The minimum Gasteiger partial charge on any atom is -0.344 e. The molecule has 0 aliphatic carbocycles. The van der Waals surface area contributed by atoms with Crippen molar-refractivity contribution in [3.8, 4) is 0 Å². The number of aromatic nitrogens is 1. The molecule has 0 fully saturated rings. The van der Waals surface area contributed by atoms with Gasteiger partial charge in [0.1, 0.15) is 0 Å². The summed E-state index contributed by atoms with van der Waals surface area (Å²) in [5, 5.41) is 0. The number of nitrogens with zero attached hydrogens (tertiary/aromatic N) is 1. The van der Waals surface area contributed by atoms with Gasteiger partial charge in [-0.1, -0.05) is 19.9 Å². The topological polar surface area (TPSA) is 4.93 Å². The van der Waals surface area contributed by atoms with E-state index < -0.39 is 0 Å². The molecule has 2 rings (SSSR count). The van der Waals surface area contributed by atoms with Crippen molar-refractivity contribution in [2.75, 3.05) is 0 Å². The van der Waals surface area contributed by atoms with E-state index in [1.54, 1.807) is 0 Å². The highest BCUT2D eigenvalue weighted by Gasteiger charge is 2.17. The van der Waals surface area contributed by atoms with E-state index >= 15 is 0 Å². The maximum atomic E-state index is 2.38. The SMILES string of the molecule is CC(C)C1CC=Cc2cccn21. The monoisotopic (exact) mass is 161 g/mol. The molecule has 0 saturated carbocycles. The van der Waals surface area contributed by atoms with Gasteiger partial charge in [0.15, 0.2) is 0 Å². The average Bonchev–Trinajstić information content (AvgIpc) is 2.49. The van der Waals surface area contributed by atoms with Gasteiger partial charge < -0.3 is 4.57 Å². The molecule has 0 amide bonds. The maximum absolute atomic E-state index is 2.38. The van der Waals surface area contributed by atoms with Gasteiger partial charge >= 0.3 is 0 Å². The van der Waals surface area contributed by atoms with Crippen LogP contribution in [0.1, 0.15) is 32.0 Å². The van der Waals surface area contributed by atoms with Gasteiger partial charge in [0.2, 0.25) is 0 Å². The van der Waals surface area contributed by atoms with Crippen LogP contribution in [0.5, 0.6) is 0 Å². The van der Waals surface area contributed by atoms with E-state index in [0.29, 0.717) is 6.04 Å². The second kappa shape index (κ2) is 2.81. The van der Waals surface area contributed by atoms with Gasteiger partial charge in [0, 0.05) is 17.9 Å². The molecule has 12 heavy (non-hydrogen) atoms. The third kappa shape index (κ3) is 1.09. The lowest BCUT2D eigenvalue weighted by molar-refractivity contribution is 0.374. The van der Waals surface area contributed by atoms with Crippen molar-refractivity contribution >= 4 is 6.08 Å². The average molecular weight is 161 g/mol. The van der Waals surface area contributed by atoms with Gasteiger partial charge in [0.25, 0.3) is 0 Å². The number of rotatable bonds is 1. The van der Waals surface area contributed by atoms with Crippen LogP contribution in [0.25, 0.3) is 6.08 Å². The fraction of sp³-hybridized carbons (Fsp3) is 0.455. The molecule has 1 atom stereocenters. The first kappa shape index (κ1) is 7.66. The van der Waals surface area contributed by atoms with Gasteiger partial charge in [-0.25, -0.2) is 0 Å². The smallest absolute Gasteiger partial charge is 0.0406 e. The molecule has 1 heteroatoms. The van der Waals surface area contributed by atoms with Gasteiger partial charge in [-0.3, -0.25) is 0 Å². The summed E-state index contributed by atoms with van der Waals surface area (Å²) in [5.74, 6) is 0.723. The molecule has 0 aromatic carbocycles. The molecular weight excluding hydrogens is 146 g/mol. The lowest BCUT2D eigenvalue weighted by Crippen LogP contribution is -2.16. The summed E-state index contributed by atoms with van der Waals surface area (Å²) < 4.78 is 2.38. The molecule has 0 bridgehead atoms. The van der Waals surface area contributed by atoms with Crippen LogP contribution < -0.4 is 0 Å². The van der Waals surface area contributed by atoms with Crippen LogP contribution in [0.3, 0.4) is 0 Å².